The summed E-state index contributed by atoms with van der Waals surface area (Å²) in [4.78, 5) is 3.76. The molecule has 0 amide bonds. The Kier molecular flexibility index (Phi) is 3.81. The van der Waals surface area contributed by atoms with E-state index in [9.17, 15) is 0 Å². The van der Waals surface area contributed by atoms with Gasteiger partial charge in [0.1, 0.15) is 0 Å². The van der Waals surface area contributed by atoms with E-state index in [0.717, 1.165) is 21.6 Å². The molecule has 0 atom stereocenters. The largest absolute Gasteiger partial charge is 0.272 e. The summed E-state index contributed by atoms with van der Waals surface area (Å²) in [7, 11) is 0. The van der Waals surface area contributed by atoms with Gasteiger partial charge in [0.25, 0.3) is 0 Å². The van der Waals surface area contributed by atoms with Gasteiger partial charge in [-0.05, 0) is 41.3 Å². The maximum absolute atomic E-state index is 3.96. The molecule has 0 saturated heterocycles. The van der Waals surface area contributed by atoms with Gasteiger partial charge < -0.3 is 0 Å². The Labute approximate surface area is 90.5 Å². The van der Waals surface area contributed by atoms with Crippen LogP contribution in [0, 0.1) is 0 Å². The summed E-state index contributed by atoms with van der Waals surface area (Å²) < 4.78 is 0. The average Bonchev–Trinajstić information content (AvgIpc) is 2.20. The molecule has 0 unspecified atom stereocenters. The Morgan fingerprint density at radius 2 is 2.00 bits per heavy atom. The normalized spacial score (nSPS) is 12.6. The number of benzene rings is 1. The van der Waals surface area contributed by atoms with Gasteiger partial charge >= 0.3 is 0 Å². The molecule has 0 bridgehead atoms. The molecule has 15 heavy (non-hydrogen) atoms. The number of rotatable bonds is 3. The summed E-state index contributed by atoms with van der Waals surface area (Å²) in [5, 5.41) is 2.07. The summed E-state index contributed by atoms with van der Waals surface area (Å²) in [6.45, 7) is 13.2. The van der Waals surface area contributed by atoms with Crippen LogP contribution in [0.3, 0.4) is 0 Å². The molecule has 0 spiro atoms. The molecule has 1 nitrogen and oxygen atoms in total. The van der Waals surface area contributed by atoms with Crippen LogP contribution in [0.25, 0.3) is 12.7 Å². The van der Waals surface area contributed by atoms with E-state index in [2.05, 4.69) is 24.9 Å². The van der Waals surface area contributed by atoms with Crippen molar-refractivity contribution in [2.75, 3.05) is 0 Å². The Balaban J connectivity index is 3.33. The molecular formula is C14H15N. The molecule has 0 aromatic heterocycles. The molecule has 1 aromatic rings. The zero-order valence-corrected chi connectivity index (χ0v) is 9.03. The number of aliphatic imine (C=N–C) groups is 1. The first-order chi connectivity index (χ1) is 7.15. The Bertz CT molecular complexity index is 506. The van der Waals surface area contributed by atoms with Gasteiger partial charge in [-0.2, -0.15) is 0 Å². The number of nitrogens with zero attached hydrogens (tertiary/aromatic N) is 1. The van der Waals surface area contributed by atoms with Gasteiger partial charge in [0.15, 0.2) is 0 Å². The van der Waals surface area contributed by atoms with Crippen molar-refractivity contribution in [1.29, 1.82) is 0 Å². The Morgan fingerprint density at radius 1 is 1.33 bits per heavy atom. The first-order valence-corrected chi connectivity index (χ1v) is 4.72. The van der Waals surface area contributed by atoms with Gasteiger partial charge in [0, 0.05) is 6.20 Å². The van der Waals surface area contributed by atoms with Crippen molar-refractivity contribution >= 4 is 19.4 Å². The third-order valence-corrected chi connectivity index (χ3v) is 2.09. The van der Waals surface area contributed by atoms with E-state index in [4.69, 9.17) is 0 Å². The zero-order valence-electron chi connectivity index (χ0n) is 9.03. The standard InChI is InChI=1S/C14H15N/c1-11(2)14(10-15-4)9-13-8-6-5-7-12(13)3/h5-10H,1,3-4H2,2H3/b13-9-,14-10-. The van der Waals surface area contributed by atoms with E-state index in [1.54, 1.807) is 6.20 Å². The van der Waals surface area contributed by atoms with Gasteiger partial charge in [0.05, 0.1) is 0 Å². The monoisotopic (exact) mass is 197 g/mol. The van der Waals surface area contributed by atoms with Crippen molar-refractivity contribution in [3.05, 3.63) is 58.6 Å². The molecule has 1 heteroatoms. The quantitative estimate of drug-likeness (QED) is 0.519. The highest BCUT2D eigenvalue weighted by atomic mass is 14.6. The first-order valence-electron chi connectivity index (χ1n) is 4.72. The third kappa shape index (κ3) is 3.06. The molecule has 0 aliphatic heterocycles. The second-order valence-electron chi connectivity index (χ2n) is 3.39. The molecular weight excluding hydrogens is 182 g/mol. The van der Waals surface area contributed by atoms with Crippen molar-refractivity contribution < 1.29 is 0 Å². The lowest BCUT2D eigenvalue weighted by atomic mass is 10.1. The predicted molar refractivity (Wildman–Crippen MR) is 68.1 cm³/mol. The van der Waals surface area contributed by atoms with E-state index in [1.807, 2.05) is 37.3 Å². The molecule has 0 N–H and O–H groups in total. The van der Waals surface area contributed by atoms with Crippen LogP contribution in [0.15, 0.2) is 53.2 Å². The van der Waals surface area contributed by atoms with Crippen LogP contribution < -0.4 is 10.4 Å². The summed E-state index contributed by atoms with van der Waals surface area (Å²) in [6, 6.07) is 7.94. The fraction of sp³-hybridized carbons (Fsp3) is 0.0714. The summed E-state index contributed by atoms with van der Waals surface area (Å²) in [5.74, 6) is 0. The second-order valence-corrected chi connectivity index (χ2v) is 3.39. The van der Waals surface area contributed by atoms with Gasteiger partial charge in [-0.15, -0.1) is 0 Å². The fourth-order valence-corrected chi connectivity index (χ4v) is 1.21. The van der Waals surface area contributed by atoms with Gasteiger partial charge in [-0.25, -0.2) is 0 Å². The minimum atomic E-state index is 0.964. The van der Waals surface area contributed by atoms with Crippen LogP contribution in [0.5, 0.6) is 0 Å². The van der Waals surface area contributed by atoms with Crippen molar-refractivity contribution in [2.24, 2.45) is 4.99 Å². The van der Waals surface area contributed by atoms with Crippen LogP contribution in [0.2, 0.25) is 0 Å². The fourth-order valence-electron chi connectivity index (χ4n) is 1.21. The lowest BCUT2D eigenvalue weighted by Gasteiger charge is -1.98. The van der Waals surface area contributed by atoms with Crippen LogP contribution >= 0.6 is 0 Å². The van der Waals surface area contributed by atoms with E-state index in [-0.39, 0.29) is 0 Å². The van der Waals surface area contributed by atoms with Gasteiger partial charge in [-0.1, -0.05) is 37.4 Å². The zero-order chi connectivity index (χ0) is 11.3. The topological polar surface area (TPSA) is 12.4 Å². The Morgan fingerprint density at radius 3 is 2.53 bits per heavy atom. The molecule has 76 valence electrons. The van der Waals surface area contributed by atoms with Gasteiger partial charge in [-0.3, -0.25) is 4.99 Å². The van der Waals surface area contributed by atoms with Crippen molar-refractivity contribution in [2.45, 2.75) is 6.92 Å². The first kappa shape index (κ1) is 11.2. The minimum Gasteiger partial charge on any atom is -0.272 e. The highest BCUT2D eigenvalue weighted by Crippen LogP contribution is 2.07. The van der Waals surface area contributed by atoms with Crippen LogP contribution in [0.1, 0.15) is 6.92 Å². The number of allylic oxidation sites excluding steroid dienone is 2. The maximum atomic E-state index is 3.96. The number of hydrogen-bond donors (Lipinski definition) is 0. The van der Waals surface area contributed by atoms with E-state index in [1.165, 1.54) is 0 Å². The Hall–Kier alpha value is -1.89. The maximum Gasteiger partial charge on any atom is 0.0335 e. The van der Waals surface area contributed by atoms with Crippen molar-refractivity contribution in [1.82, 2.24) is 0 Å². The minimum absolute atomic E-state index is 0.964. The smallest absolute Gasteiger partial charge is 0.0335 e. The molecule has 0 saturated carbocycles. The van der Waals surface area contributed by atoms with Crippen LogP contribution in [-0.2, 0) is 0 Å². The van der Waals surface area contributed by atoms with E-state index >= 15 is 0 Å². The predicted octanol–water partition coefficient (Wildman–Crippen LogP) is 2.04. The lowest BCUT2D eigenvalue weighted by molar-refractivity contribution is 1.42. The molecule has 1 rings (SSSR count). The summed E-state index contributed by atoms with van der Waals surface area (Å²) >= 11 is 0. The molecule has 0 aliphatic rings. The highest BCUT2D eigenvalue weighted by Gasteiger charge is 1.92. The molecule has 0 fully saturated rings. The summed E-state index contributed by atoms with van der Waals surface area (Å²) in [6.07, 6.45) is 3.72. The van der Waals surface area contributed by atoms with Crippen molar-refractivity contribution in [3.63, 3.8) is 0 Å². The SMILES string of the molecule is C=N/C=C(/C=c1/ccccc1=C)C(=C)C. The van der Waals surface area contributed by atoms with E-state index < -0.39 is 0 Å². The second kappa shape index (κ2) is 5.11. The van der Waals surface area contributed by atoms with E-state index in [0.29, 0.717) is 0 Å². The van der Waals surface area contributed by atoms with Crippen LogP contribution in [0.4, 0.5) is 0 Å². The third-order valence-electron chi connectivity index (χ3n) is 2.09. The molecule has 0 heterocycles. The van der Waals surface area contributed by atoms with Crippen molar-refractivity contribution in [3.8, 4) is 0 Å². The number of hydrogen-bond acceptors (Lipinski definition) is 1. The summed E-state index contributed by atoms with van der Waals surface area (Å²) in [5.41, 5.74) is 1.94. The van der Waals surface area contributed by atoms with Gasteiger partial charge in [0.2, 0.25) is 0 Å². The highest BCUT2D eigenvalue weighted by molar-refractivity contribution is 5.56. The molecule has 0 aliphatic carbocycles. The lowest BCUT2D eigenvalue weighted by Crippen LogP contribution is -2.21. The molecule has 0 radical (unpaired) electrons. The molecule has 1 aromatic carbocycles. The van der Waals surface area contributed by atoms with Crippen LogP contribution in [-0.4, -0.2) is 6.72 Å². The average molecular weight is 197 g/mol.